The lowest BCUT2D eigenvalue weighted by Gasteiger charge is -2.34. The standard InChI is InChI=1S/C27H31F2N3O7S/c1-17-14-20(37-12-3-11-33)15-18(2)21(17)6-13-40(35,36)32-9-7-26(8-10-32)25(34)30-24(31-26)19-4-5-22-23(16-19)39-27(28,29)38-22/h4-5,14-16,33H,3,6-13H2,1-2H3,(H,30,31,34). The van der Waals surface area contributed by atoms with Crippen molar-refractivity contribution in [3.8, 4) is 17.2 Å². The van der Waals surface area contributed by atoms with Crippen LogP contribution in [-0.2, 0) is 21.2 Å². The van der Waals surface area contributed by atoms with Gasteiger partial charge in [0.05, 0.1) is 12.4 Å². The molecule has 13 heteroatoms. The van der Waals surface area contributed by atoms with Gasteiger partial charge in [-0.05, 0) is 80.1 Å². The van der Waals surface area contributed by atoms with E-state index in [9.17, 15) is 22.0 Å². The molecule has 216 valence electrons. The lowest BCUT2D eigenvalue weighted by Crippen LogP contribution is -2.50. The molecule has 3 aliphatic rings. The van der Waals surface area contributed by atoms with Crippen LogP contribution in [0.2, 0.25) is 0 Å². The summed E-state index contributed by atoms with van der Waals surface area (Å²) in [5.41, 5.74) is 2.07. The minimum Gasteiger partial charge on any atom is -0.493 e. The van der Waals surface area contributed by atoms with Crippen LogP contribution >= 0.6 is 0 Å². The average Bonchev–Trinajstić information content (AvgIpc) is 3.37. The number of rotatable bonds is 9. The molecule has 1 fully saturated rings. The monoisotopic (exact) mass is 579 g/mol. The fraction of sp³-hybridized carbons (Fsp3) is 0.481. The van der Waals surface area contributed by atoms with Crippen LogP contribution in [-0.4, -0.2) is 73.5 Å². The maximum Gasteiger partial charge on any atom is 0.586 e. The Morgan fingerprint density at radius 2 is 1.77 bits per heavy atom. The van der Waals surface area contributed by atoms with Crippen molar-refractivity contribution >= 4 is 21.8 Å². The molecule has 1 amide bonds. The Balaban J connectivity index is 1.22. The van der Waals surface area contributed by atoms with E-state index in [-0.39, 0.29) is 61.5 Å². The number of halogens is 2. The summed E-state index contributed by atoms with van der Waals surface area (Å²) >= 11 is 0. The molecule has 0 atom stereocenters. The number of nitrogens with one attached hydrogen (secondary N) is 1. The molecular weight excluding hydrogens is 548 g/mol. The van der Waals surface area contributed by atoms with Crippen molar-refractivity contribution < 1.29 is 41.3 Å². The molecule has 2 N–H and O–H groups in total. The molecule has 0 unspecified atom stereocenters. The summed E-state index contributed by atoms with van der Waals surface area (Å²) in [5, 5.41) is 11.6. The van der Waals surface area contributed by atoms with E-state index in [1.807, 2.05) is 26.0 Å². The zero-order valence-corrected chi connectivity index (χ0v) is 23.0. The van der Waals surface area contributed by atoms with E-state index in [0.717, 1.165) is 16.7 Å². The van der Waals surface area contributed by atoms with Gasteiger partial charge in [-0.3, -0.25) is 9.79 Å². The molecule has 0 saturated carbocycles. The first-order chi connectivity index (χ1) is 18.9. The number of hydrogen-bond acceptors (Lipinski definition) is 8. The summed E-state index contributed by atoms with van der Waals surface area (Å²) in [6, 6.07) is 7.89. The second kappa shape index (κ2) is 10.6. The molecule has 5 rings (SSSR count). The highest BCUT2D eigenvalue weighted by Gasteiger charge is 2.48. The van der Waals surface area contributed by atoms with E-state index in [1.165, 1.54) is 22.5 Å². The maximum atomic E-state index is 13.4. The van der Waals surface area contributed by atoms with Gasteiger partial charge < -0.3 is 24.6 Å². The number of carbonyl (C=O) groups is 1. The summed E-state index contributed by atoms with van der Waals surface area (Å²) in [6.45, 7) is 4.55. The lowest BCUT2D eigenvalue weighted by molar-refractivity contribution is -0.286. The van der Waals surface area contributed by atoms with Gasteiger partial charge in [-0.25, -0.2) is 12.7 Å². The maximum absolute atomic E-state index is 13.4. The largest absolute Gasteiger partial charge is 0.586 e. The summed E-state index contributed by atoms with van der Waals surface area (Å²) in [7, 11) is -3.60. The highest BCUT2D eigenvalue weighted by molar-refractivity contribution is 7.89. The quantitative estimate of drug-likeness (QED) is 0.438. The van der Waals surface area contributed by atoms with Crippen molar-refractivity contribution in [2.24, 2.45) is 4.99 Å². The summed E-state index contributed by atoms with van der Waals surface area (Å²) in [6.07, 6.45) is -2.49. The highest BCUT2D eigenvalue weighted by atomic mass is 32.2. The number of amidine groups is 1. The number of hydrogen-bond donors (Lipinski definition) is 2. The smallest absolute Gasteiger partial charge is 0.493 e. The van der Waals surface area contributed by atoms with Crippen LogP contribution in [0.1, 0.15) is 41.5 Å². The van der Waals surface area contributed by atoms with Crippen molar-refractivity contribution in [2.75, 3.05) is 32.1 Å². The first-order valence-electron chi connectivity index (χ1n) is 13.0. The predicted molar refractivity (Wildman–Crippen MR) is 141 cm³/mol. The van der Waals surface area contributed by atoms with E-state index in [4.69, 9.17) is 9.84 Å². The average molecular weight is 580 g/mol. The van der Waals surface area contributed by atoms with Crippen LogP contribution in [0.4, 0.5) is 8.78 Å². The van der Waals surface area contributed by atoms with Gasteiger partial charge in [0.2, 0.25) is 10.0 Å². The zero-order valence-electron chi connectivity index (χ0n) is 22.2. The van der Waals surface area contributed by atoms with Gasteiger partial charge in [-0.1, -0.05) is 0 Å². The molecule has 2 aromatic carbocycles. The molecule has 10 nitrogen and oxygen atoms in total. The zero-order chi connectivity index (χ0) is 28.7. The number of aryl methyl sites for hydroxylation is 2. The lowest BCUT2D eigenvalue weighted by atomic mass is 9.89. The number of aliphatic hydroxyl groups is 1. The first-order valence-corrected chi connectivity index (χ1v) is 14.7. The Morgan fingerprint density at radius 3 is 2.45 bits per heavy atom. The van der Waals surface area contributed by atoms with Crippen LogP contribution in [0.3, 0.4) is 0 Å². The number of fused-ring (bicyclic) bond motifs is 1. The second-order valence-corrected chi connectivity index (χ2v) is 12.3. The molecule has 3 heterocycles. The third-order valence-corrected chi connectivity index (χ3v) is 9.32. The van der Waals surface area contributed by atoms with Crippen LogP contribution in [0, 0.1) is 13.8 Å². The Labute approximate surface area is 231 Å². The number of nitrogens with zero attached hydrogens (tertiary/aromatic N) is 2. The second-order valence-electron chi connectivity index (χ2n) is 10.2. The summed E-state index contributed by atoms with van der Waals surface area (Å²) < 4.78 is 69.1. The van der Waals surface area contributed by atoms with Gasteiger partial charge in [-0.15, -0.1) is 8.78 Å². The minimum absolute atomic E-state index is 0.0490. The molecule has 0 radical (unpaired) electrons. The number of amides is 1. The number of alkyl halides is 2. The number of carbonyl (C=O) groups excluding carboxylic acids is 1. The number of aliphatic hydroxyl groups excluding tert-OH is 1. The molecular formula is C27H31F2N3O7S. The van der Waals surface area contributed by atoms with Crippen molar-refractivity contribution in [1.29, 1.82) is 0 Å². The first kappa shape index (κ1) is 28.2. The van der Waals surface area contributed by atoms with Gasteiger partial charge in [0.15, 0.2) is 11.5 Å². The van der Waals surface area contributed by atoms with E-state index < -0.39 is 21.9 Å². The Hall–Kier alpha value is -3.29. The van der Waals surface area contributed by atoms with Crippen molar-refractivity contribution in [3.05, 3.63) is 52.6 Å². The SMILES string of the molecule is Cc1cc(OCCCO)cc(C)c1CCS(=O)(=O)N1CCC2(CC1)N=C(c1ccc3c(c1)OC(F)(F)O3)NC2=O. The van der Waals surface area contributed by atoms with Crippen LogP contribution < -0.4 is 19.5 Å². The van der Waals surface area contributed by atoms with Crippen LogP contribution in [0.25, 0.3) is 0 Å². The molecule has 0 bridgehead atoms. The van der Waals surface area contributed by atoms with E-state index in [2.05, 4.69) is 19.8 Å². The van der Waals surface area contributed by atoms with E-state index >= 15 is 0 Å². The summed E-state index contributed by atoms with van der Waals surface area (Å²) in [4.78, 5) is 17.5. The number of benzene rings is 2. The van der Waals surface area contributed by atoms with Gasteiger partial charge >= 0.3 is 6.29 Å². The molecule has 2 aromatic rings. The van der Waals surface area contributed by atoms with Crippen molar-refractivity contribution in [1.82, 2.24) is 9.62 Å². The number of ether oxygens (including phenoxy) is 3. The van der Waals surface area contributed by atoms with E-state index in [0.29, 0.717) is 30.8 Å². The van der Waals surface area contributed by atoms with Crippen LogP contribution in [0.15, 0.2) is 35.3 Å². The highest BCUT2D eigenvalue weighted by Crippen LogP contribution is 2.42. The fourth-order valence-corrected chi connectivity index (χ4v) is 6.73. The molecule has 40 heavy (non-hydrogen) atoms. The van der Waals surface area contributed by atoms with Gasteiger partial charge in [-0.2, -0.15) is 0 Å². The van der Waals surface area contributed by atoms with E-state index in [1.54, 1.807) is 0 Å². The Kier molecular flexibility index (Phi) is 7.48. The van der Waals surface area contributed by atoms with Gasteiger partial charge in [0, 0.05) is 31.7 Å². The molecule has 1 saturated heterocycles. The fourth-order valence-electron chi connectivity index (χ4n) is 5.27. The third-order valence-electron chi connectivity index (χ3n) is 7.45. The van der Waals surface area contributed by atoms with Gasteiger partial charge in [0.1, 0.15) is 17.1 Å². The van der Waals surface area contributed by atoms with Gasteiger partial charge in [0.25, 0.3) is 5.91 Å². The van der Waals surface area contributed by atoms with Crippen LogP contribution in [0.5, 0.6) is 17.2 Å². The predicted octanol–water partition coefficient (Wildman–Crippen LogP) is 2.67. The minimum atomic E-state index is -3.75. The Morgan fingerprint density at radius 1 is 1.10 bits per heavy atom. The third kappa shape index (κ3) is 5.63. The number of aliphatic imine (C=N–C) groups is 1. The number of sulfonamides is 1. The molecule has 1 spiro atoms. The van der Waals surface area contributed by atoms with Crippen molar-refractivity contribution in [2.45, 2.75) is 51.4 Å². The normalized spacial score (nSPS) is 19.5. The topological polar surface area (TPSA) is 127 Å². The number of piperidine rings is 1. The molecule has 3 aliphatic heterocycles. The van der Waals surface area contributed by atoms with Crippen molar-refractivity contribution in [3.63, 3.8) is 0 Å². The Bertz CT molecular complexity index is 1430. The molecule has 0 aliphatic carbocycles. The molecule has 0 aromatic heterocycles. The summed E-state index contributed by atoms with van der Waals surface area (Å²) in [5.74, 6) is 0.211.